The number of aryl methyl sites for hydroxylation is 1. The number of methoxy groups -OCH3 is 2. The van der Waals surface area contributed by atoms with E-state index < -0.39 is 5.41 Å². The van der Waals surface area contributed by atoms with Crippen LogP contribution in [0.15, 0.2) is 78.9 Å². The zero-order valence-corrected chi connectivity index (χ0v) is 24.4. The first-order chi connectivity index (χ1) is 20.4. The summed E-state index contributed by atoms with van der Waals surface area (Å²) in [6.07, 6.45) is 3.93. The number of hydrogen-bond acceptors (Lipinski definition) is 6. The van der Waals surface area contributed by atoms with Crippen LogP contribution in [0.2, 0.25) is 5.02 Å². The summed E-state index contributed by atoms with van der Waals surface area (Å²) in [7, 11) is 3.21. The predicted octanol–water partition coefficient (Wildman–Crippen LogP) is 7.30. The van der Waals surface area contributed by atoms with Crippen LogP contribution in [0.3, 0.4) is 0 Å². The van der Waals surface area contributed by atoms with Crippen molar-refractivity contribution < 1.29 is 23.9 Å². The monoisotopic (exact) mass is 585 g/mol. The average Bonchev–Trinajstić information content (AvgIpc) is 3.01. The number of halogens is 1. The van der Waals surface area contributed by atoms with Gasteiger partial charge in [0.25, 0.3) is 0 Å². The maximum Gasteiger partial charge on any atom is 0.314 e. The lowest BCUT2D eigenvalue weighted by molar-refractivity contribution is -0.386. The van der Waals surface area contributed by atoms with Crippen LogP contribution < -0.4 is 14.2 Å². The van der Waals surface area contributed by atoms with Gasteiger partial charge in [0, 0.05) is 17.0 Å². The molecule has 0 heterocycles. The molecule has 5 rings (SSSR count). The fourth-order valence-electron chi connectivity index (χ4n) is 5.74. The fourth-order valence-corrected chi connectivity index (χ4v) is 5.94. The SMILES string of the molecule is COc1ccc(Cc2ccc(OC[C@@]3(C=O)CCCc4cc(Cl)ccc43)c([N+](=O)[O-])c2Cc2ccc(OC)cc2)cc1. The third-order valence-electron chi connectivity index (χ3n) is 8.00. The van der Waals surface area contributed by atoms with Gasteiger partial charge in [0.05, 0.1) is 24.6 Å². The predicted molar refractivity (Wildman–Crippen MR) is 162 cm³/mol. The van der Waals surface area contributed by atoms with Crippen LogP contribution in [0.4, 0.5) is 5.69 Å². The molecule has 1 aliphatic carbocycles. The Bertz CT molecular complexity index is 1590. The number of ether oxygens (including phenoxy) is 3. The Morgan fingerprint density at radius 2 is 1.55 bits per heavy atom. The van der Waals surface area contributed by atoms with Crippen molar-refractivity contribution >= 4 is 23.6 Å². The lowest BCUT2D eigenvalue weighted by Crippen LogP contribution is -2.38. The van der Waals surface area contributed by atoms with Gasteiger partial charge in [-0.15, -0.1) is 0 Å². The highest BCUT2D eigenvalue weighted by atomic mass is 35.5. The van der Waals surface area contributed by atoms with Crippen LogP contribution in [0, 0.1) is 10.1 Å². The van der Waals surface area contributed by atoms with Gasteiger partial charge in [-0.3, -0.25) is 10.1 Å². The van der Waals surface area contributed by atoms with Crippen molar-refractivity contribution in [3.63, 3.8) is 0 Å². The zero-order valence-electron chi connectivity index (χ0n) is 23.6. The lowest BCUT2D eigenvalue weighted by Gasteiger charge is -2.34. The van der Waals surface area contributed by atoms with E-state index in [1.807, 2.05) is 66.7 Å². The number of nitrogens with zero attached hydrogens (tertiary/aromatic N) is 1. The highest BCUT2D eigenvalue weighted by Gasteiger charge is 2.38. The number of carbonyl (C=O) groups excluding carboxylic acids is 1. The molecule has 7 nitrogen and oxygen atoms in total. The first-order valence-corrected chi connectivity index (χ1v) is 14.2. The first-order valence-electron chi connectivity index (χ1n) is 13.8. The van der Waals surface area contributed by atoms with Crippen molar-refractivity contribution in [2.45, 2.75) is 37.5 Å². The molecule has 1 aliphatic rings. The summed E-state index contributed by atoms with van der Waals surface area (Å²) < 4.78 is 16.8. The minimum atomic E-state index is -0.913. The van der Waals surface area contributed by atoms with Crippen molar-refractivity contribution in [3.8, 4) is 17.2 Å². The van der Waals surface area contributed by atoms with E-state index >= 15 is 0 Å². The Balaban J connectivity index is 1.53. The van der Waals surface area contributed by atoms with E-state index in [4.69, 9.17) is 25.8 Å². The van der Waals surface area contributed by atoms with Crippen LogP contribution in [0.25, 0.3) is 0 Å². The topological polar surface area (TPSA) is 87.9 Å². The second kappa shape index (κ2) is 12.7. The molecule has 0 fully saturated rings. The van der Waals surface area contributed by atoms with Gasteiger partial charge in [-0.25, -0.2) is 0 Å². The second-order valence-electron chi connectivity index (χ2n) is 10.6. The van der Waals surface area contributed by atoms with Gasteiger partial charge >= 0.3 is 5.69 Å². The zero-order chi connectivity index (χ0) is 29.7. The number of fused-ring (bicyclic) bond motifs is 1. The highest BCUT2D eigenvalue weighted by molar-refractivity contribution is 6.30. The number of rotatable bonds is 11. The smallest absolute Gasteiger partial charge is 0.314 e. The average molecular weight is 586 g/mol. The maximum absolute atomic E-state index is 12.7. The minimum Gasteiger partial charge on any atom is -0.497 e. The summed E-state index contributed by atoms with van der Waals surface area (Å²) in [6.45, 7) is -0.00816. The summed E-state index contributed by atoms with van der Waals surface area (Å²) in [5, 5.41) is 13.3. The number of aldehydes is 1. The van der Waals surface area contributed by atoms with Crippen LogP contribution in [0.1, 0.15) is 46.2 Å². The van der Waals surface area contributed by atoms with Gasteiger partial charge in [0.1, 0.15) is 24.4 Å². The van der Waals surface area contributed by atoms with E-state index in [9.17, 15) is 14.9 Å². The molecule has 0 radical (unpaired) electrons. The van der Waals surface area contributed by atoms with Crippen molar-refractivity contribution in [2.24, 2.45) is 0 Å². The van der Waals surface area contributed by atoms with Crippen LogP contribution in [-0.4, -0.2) is 32.0 Å². The first kappa shape index (κ1) is 29.1. The summed E-state index contributed by atoms with van der Waals surface area (Å²) >= 11 is 6.22. The van der Waals surface area contributed by atoms with Crippen molar-refractivity contribution in [2.75, 3.05) is 20.8 Å². The van der Waals surface area contributed by atoms with Gasteiger partial charge in [-0.2, -0.15) is 0 Å². The Morgan fingerprint density at radius 1 is 0.905 bits per heavy atom. The lowest BCUT2D eigenvalue weighted by atomic mass is 9.71. The molecule has 216 valence electrons. The Labute approximate surface area is 250 Å². The Kier molecular flexibility index (Phi) is 8.78. The van der Waals surface area contributed by atoms with Gasteiger partial charge in [-0.1, -0.05) is 48.0 Å². The molecular weight excluding hydrogens is 554 g/mol. The van der Waals surface area contributed by atoms with Gasteiger partial charge in [0.2, 0.25) is 0 Å². The van der Waals surface area contributed by atoms with Crippen molar-refractivity contribution in [3.05, 3.63) is 127 Å². The molecule has 42 heavy (non-hydrogen) atoms. The largest absolute Gasteiger partial charge is 0.497 e. The quantitative estimate of drug-likeness (QED) is 0.104. The van der Waals surface area contributed by atoms with Crippen molar-refractivity contribution in [1.29, 1.82) is 0 Å². The van der Waals surface area contributed by atoms with E-state index in [0.29, 0.717) is 35.6 Å². The van der Waals surface area contributed by atoms with Gasteiger partial charge in [0.15, 0.2) is 5.75 Å². The van der Waals surface area contributed by atoms with Crippen LogP contribution in [0.5, 0.6) is 17.2 Å². The molecule has 0 bridgehead atoms. The summed E-state index contributed by atoms with van der Waals surface area (Å²) in [6, 6.07) is 24.2. The Hall–Kier alpha value is -4.36. The Morgan fingerprint density at radius 3 is 2.14 bits per heavy atom. The number of nitro groups is 1. The molecule has 0 N–H and O–H groups in total. The molecule has 0 saturated heterocycles. The standard InChI is InChI=1S/C34H32ClNO6/c1-40-28-11-5-23(6-12-28)18-25-9-16-32(33(36(38)39)30(25)19-24-7-13-29(41-2)14-8-24)42-22-34(21-37)17-3-4-26-20-27(35)10-15-31(26)34/h5-16,20-21H,3-4,17-19,22H2,1-2H3/t34-/m0/s1. The van der Waals surface area contributed by atoms with E-state index in [1.54, 1.807) is 26.4 Å². The van der Waals surface area contributed by atoms with Crippen LogP contribution in [-0.2, 0) is 29.5 Å². The highest BCUT2D eigenvalue weighted by Crippen LogP contribution is 2.41. The van der Waals surface area contributed by atoms with Gasteiger partial charge in [-0.05, 0) is 96.0 Å². The molecule has 8 heteroatoms. The maximum atomic E-state index is 12.7. The third kappa shape index (κ3) is 6.11. The van der Waals surface area contributed by atoms with E-state index in [-0.39, 0.29) is 23.0 Å². The molecular formula is C34H32ClNO6. The van der Waals surface area contributed by atoms with E-state index in [1.165, 1.54) is 0 Å². The molecule has 1 atom stereocenters. The number of carbonyl (C=O) groups is 1. The third-order valence-corrected chi connectivity index (χ3v) is 8.24. The summed E-state index contributed by atoms with van der Waals surface area (Å²) in [5.41, 5.74) is 4.14. The molecule has 0 amide bonds. The number of hydrogen-bond donors (Lipinski definition) is 0. The number of benzene rings is 4. The molecule has 0 aliphatic heterocycles. The number of nitro benzene ring substituents is 1. The molecule has 0 aromatic heterocycles. The fraction of sp³-hybridized carbons (Fsp3) is 0.265. The van der Waals surface area contributed by atoms with E-state index in [0.717, 1.165) is 52.7 Å². The van der Waals surface area contributed by atoms with Crippen molar-refractivity contribution in [1.82, 2.24) is 0 Å². The molecule has 4 aromatic rings. The van der Waals surface area contributed by atoms with Crippen LogP contribution >= 0.6 is 11.6 Å². The minimum absolute atomic E-state index is 0.00816. The molecule has 0 spiro atoms. The summed E-state index contributed by atoms with van der Waals surface area (Å²) in [5.74, 6) is 1.59. The normalized spacial score (nSPS) is 15.9. The molecule has 0 unspecified atom stereocenters. The molecule has 4 aromatic carbocycles. The van der Waals surface area contributed by atoms with E-state index in [2.05, 4.69) is 0 Å². The molecule has 0 saturated carbocycles. The summed E-state index contributed by atoms with van der Waals surface area (Å²) in [4.78, 5) is 24.8. The van der Waals surface area contributed by atoms with Gasteiger partial charge < -0.3 is 19.0 Å². The second-order valence-corrected chi connectivity index (χ2v) is 11.0.